The maximum atomic E-state index is 9.66. The van der Waals surface area contributed by atoms with E-state index in [2.05, 4.69) is 48.2 Å². The first-order chi connectivity index (χ1) is 11.7. The van der Waals surface area contributed by atoms with Crippen LogP contribution in [0.4, 0.5) is 5.69 Å². The van der Waals surface area contributed by atoms with Gasteiger partial charge in [-0.2, -0.15) is 0 Å². The van der Waals surface area contributed by atoms with E-state index in [1.165, 1.54) is 11.1 Å². The van der Waals surface area contributed by atoms with Gasteiger partial charge in [0.1, 0.15) is 0 Å². The van der Waals surface area contributed by atoms with E-state index < -0.39 is 0 Å². The molecule has 4 heteroatoms. The third-order valence-electron chi connectivity index (χ3n) is 5.19. The Hall–Kier alpha value is -2.33. The summed E-state index contributed by atoms with van der Waals surface area (Å²) in [6.07, 6.45) is 4.11. The van der Waals surface area contributed by atoms with E-state index in [-0.39, 0.29) is 6.61 Å². The van der Waals surface area contributed by atoms with Crippen LogP contribution >= 0.6 is 0 Å². The number of hydrogen-bond acceptors (Lipinski definition) is 3. The fraction of sp³-hybridized carbons (Fsp3) is 0.350. The van der Waals surface area contributed by atoms with Gasteiger partial charge in [0.15, 0.2) is 5.65 Å². The maximum Gasteiger partial charge on any atom is 0.161 e. The molecule has 1 aliphatic rings. The first-order valence-corrected chi connectivity index (χ1v) is 8.66. The molecule has 0 bridgehead atoms. The Morgan fingerprint density at radius 2 is 2.04 bits per heavy atom. The first-order valence-electron chi connectivity index (χ1n) is 8.66. The highest BCUT2D eigenvalue weighted by Gasteiger charge is 2.28. The quantitative estimate of drug-likeness (QED) is 0.800. The molecule has 0 spiro atoms. The van der Waals surface area contributed by atoms with Gasteiger partial charge in [0, 0.05) is 12.7 Å². The summed E-state index contributed by atoms with van der Waals surface area (Å²) in [6.45, 7) is 5.22. The average molecular weight is 321 g/mol. The van der Waals surface area contributed by atoms with Gasteiger partial charge < -0.3 is 10.0 Å². The topological polar surface area (TPSA) is 40.8 Å². The summed E-state index contributed by atoms with van der Waals surface area (Å²) >= 11 is 0. The van der Waals surface area contributed by atoms with Gasteiger partial charge in [0.2, 0.25) is 0 Å². The molecule has 1 atom stereocenters. The van der Waals surface area contributed by atoms with Crippen LogP contribution in [-0.4, -0.2) is 21.0 Å². The van der Waals surface area contributed by atoms with Crippen LogP contribution in [0.15, 0.2) is 42.6 Å². The second kappa shape index (κ2) is 5.95. The van der Waals surface area contributed by atoms with Crippen molar-refractivity contribution in [2.75, 3.05) is 11.4 Å². The number of imidazole rings is 1. The largest absolute Gasteiger partial charge is 0.390 e. The van der Waals surface area contributed by atoms with E-state index in [0.29, 0.717) is 6.04 Å². The van der Waals surface area contributed by atoms with Gasteiger partial charge in [0.05, 0.1) is 29.7 Å². The number of rotatable bonds is 3. The van der Waals surface area contributed by atoms with Crippen molar-refractivity contribution in [3.63, 3.8) is 0 Å². The zero-order chi connectivity index (χ0) is 16.7. The van der Waals surface area contributed by atoms with Crippen molar-refractivity contribution in [1.29, 1.82) is 0 Å². The first kappa shape index (κ1) is 15.2. The van der Waals surface area contributed by atoms with Gasteiger partial charge in [-0.15, -0.1) is 0 Å². The molecule has 0 saturated carbocycles. The van der Waals surface area contributed by atoms with E-state index in [1.807, 2.05) is 17.5 Å². The van der Waals surface area contributed by atoms with Crippen molar-refractivity contribution in [3.05, 3.63) is 65.1 Å². The summed E-state index contributed by atoms with van der Waals surface area (Å²) in [6, 6.07) is 13.3. The van der Waals surface area contributed by atoms with Crippen molar-refractivity contribution < 1.29 is 5.11 Å². The molecule has 3 aromatic rings. The third-order valence-corrected chi connectivity index (χ3v) is 5.19. The highest BCUT2D eigenvalue weighted by atomic mass is 16.3. The van der Waals surface area contributed by atoms with E-state index >= 15 is 0 Å². The predicted octanol–water partition coefficient (Wildman–Crippen LogP) is 3.65. The molecule has 2 aromatic heterocycles. The average Bonchev–Trinajstić information content (AvgIpc) is 2.95. The maximum absolute atomic E-state index is 9.66. The van der Waals surface area contributed by atoms with Crippen molar-refractivity contribution in [2.45, 2.75) is 39.3 Å². The van der Waals surface area contributed by atoms with Gasteiger partial charge in [-0.1, -0.05) is 31.2 Å². The van der Waals surface area contributed by atoms with Crippen molar-refractivity contribution in [3.8, 4) is 0 Å². The molecule has 0 saturated heterocycles. The molecule has 1 unspecified atom stereocenters. The number of pyridine rings is 1. The number of anilines is 1. The molecular weight excluding hydrogens is 298 g/mol. The molecule has 1 aliphatic heterocycles. The molecule has 0 aliphatic carbocycles. The van der Waals surface area contributed by atoms with Crippen LogP contribution in [0.3, 0.4) is 0 Å². The van der Waals surface area contributed by atoms with E-state index in [4.69, 9.17) is 4.98 Å². The standard InChI is InChI=1S/C20H23N3O/c1-3-17-16-8-5-4-7-15(16)10-12-22(17)18-9-6-11-23-19(13-24)14(2)21-20(18)23/h4-9,11,17,24H,3,10,12-13H2,1-2H3. The summed E-state index contributed by atoms with van der Waals surface area (Å²) in [4.78, 5) is 7.22. The van der Waals surface area contributed by atoms with Gasteiger partial charge in [-0.05, 0) is 43.0 Å². The Balaban J connectivity index is 1.86. The van der Waals surface area contributed by atoms with Crippen LogP contribution in [0.2, 0.25) is 0 Å². The summed E-state index contributed by atoms with van der Waals surface area (Å²) < 4.78 is 2.03. The Morgan fingerprint density at radius 1 is 1.21 bits per heavy atom. The third kappa shape index (κ3) is 2.21. The van der Waals surface area contributed by atoms with Crippen LogP contribution in [0.1, 0.15) is 41.9 Å². The molecule has 1 aromatic carbocycles. The highest BCUT2D eigenvalue weighted by molar-refractivity contribution is 5.71. The lowest BCUT2D eigenvalue weighted by Crippen LogP contribution is -2.35. The SMILES string of the molecule is CCC1c2ccccc2CCN1c1cccn2c(CO)c(C)nc12. The van der Waals surface area contributed by atoms with Crippen LogP contribution in [0, 0.1) is 6.92 Å². The van der Waals surface area contributed by atoms with Gasteiger partial charge in [-0.25, -0.2) is 4.98 Å². The van der Waals surface area contributed by atoms with Gasteiger partial charge in [0.25, 0.3) is 0 Å². The number of hydrogen-bond donors (Lipinski definition) is 1. The number of aromatic nitrogens is 2. The fourth-order valence-electron chi connectivity index (χ4n) is 4.01. The molecule has 0 radical (unpaired) electrons. The van der Waals surface area contributed by atoms with Crippen molar-refractivity contribution in [2.24, 2.45) is 0 Å². The predicted molar refractivity (Wildman–Crippen MR) is 96.4 cm³/mol. The minimum absolute atomic E-state index is 0.0104. The number of fused-ring (bicyclic) bond motifs is 2. The number of aliphatic hydroxyl groups excluding tert-OH is 1. The molecule has 0 fully saturated rings. The van der Waals surface area contributed by atoms with Crippen molar-refractivity contribution >= 4 is 11.3 Å². The minimum Gasteiger partial charge on any atom is -0.390 e. The lowest BCUT2D eigenvalue weighted by atomic mass is 9.91. The zero-order valence-electron chi connectivity index (χ0n) is 14.2. The second-order valence-electron chi connectivity index (χ2n) is 6.46. The van der Waals surface area contributed by atoms with Crippen LogP contribution in [0.25, 0.3) is 5.65 Å². The van der Waals surface area contributed by atoms with E-state index in [0.717, 1.165) is 42.1 Å². The van der Waals surface area contributed by atoms with Gasteiger partial charge >= 0.3 is 0 Å². The van der Waals surface area contributed by atoms with E-state index in [9.17, 15) is 5.11 Å². The number of benzene rings is 1. The summed E-state index contributed by atoms with van der Waals surface area (Å²) in [7, 11) is 0. The van der Waals surface area contributed by atoms with Crippen LogP contribution in [-0.2, 0) is 13.0 Å². The summed E-state index contributed by atoms with van der Waals surface area (Å²) in [5.74, 6) is 0. The summed E-state index contributed by atoms with van der Waals surface area (Å²) in [5.41, 5.74) is 6.76. The highest BCUT2D eigenvalue weighted by Crippen LogP contribution is 2.37. The zero-order valence-corrected chi connectivity index (χ0v) is 14.2. The summed E-state index contributed by atoms with van der Waals surface area (Å²) in [5, 5.41) is 9.66. The minimum atomic E-state index is 0.0104. The Kier molecular flexibility index (Phi) is 3.77. The molecule has 4 nitrogen and oxygen atoms in total. The molecule has 1 N–H and O–H groups in total. The van der Waals surface area contributed by atoms with Gasteiger partial charge in [-0.3, -0.25) is 4.40 Å². The van der Waals surface area contributed by atoms with E-state index in [1.54, 1.807) is 0 Å². The normalized spacial score (nSPS) is 17.3. The second-order valence-corrected chi connectivity index (χ2v) is 6.46. The smallest absolute Gasteiger partial charge is 0.161 e. The van der Waals surface area contributed by atoms with Crippen molar-refractivity contribution in [1.82, 2.24) is 9.38 Å². The lowest BCUT2D eigenvalue weighted by molar-refractivity contribution is 0.275. The number of aryl methyl sites for hydroxylation is 1. The van der Waals surface area contributed by atoms with Crippen LogP contribution < -0.4 is 4.90 Å². The monoisotopic (exact) mass is 321 g/mol. The molecule has 24 heavy (non-hydrogen) atoms. The Labute approximate surface area is 142 Å². The molecule has 0 amide bonds. The number of nitrogens with zero attached hydrogens (tertiary/aromatic N) is 3. The molecule has 124 valence electrons. The molecule has 4 rings (SSSR count). The van der Waals surface area contributed by atoms with Crippen LogP contribution in [0.5, 0.6) is 0 Å². The molecular formula is C20H23N3O. The number of aliphatic hydroxyl groups is 1. The lowest BCUT2D eigenvalue weighted by Gasteiger charge is -2.38. The Morgan fingerprint density at radius 3 is 2.83 bits per heavy atom. The fourth-order valence-corrected chi connectivity index (χ4v) is 4.01. The molecule has 3 heterocycles. The Bertz CT molecular complexity index is 884.